The topological polar surface area (TPSA) is 77.1 Å². The molecule has 238 valence electrons. The maximum atomic E-state index is 14.5. The molecule has 0 aromatic heterocycles. The number of fused-ring (bicyclic) bond motifs is 1. The van der Waals surface area contributed by atoms with Crippen LogP contribution < -0.4 is 24.4 Å². The van der Waals surface area contributed by atoms with Gasteiger partial charge in [0.15, 0.2) is 17.3 Å². The molecule has 7 heteroatoms. The number of ketones is 1. The minimum Gasteiger partial charge on any atom is -0.493 e. The maximum Gasteiger partial charge on any atom is 0.227 e. The summed E-state index contributed by atoms with van der Waals surface area (Å²) in [4.78, 5) is 30.5. The summed E-state index contributed by atoms with van der Waals surface area (Å²) < 4.78 is 17.1. The molecule has 1 aliphatic heterocycles. The van der Waals surface area contributed by atoms with E-state index in [1.54, 1.807) is 21.3 Å². The number of anilines is 2. The van der Waals surface area contributed by atoms with Crippen molar-refractivity contribution in [1.29, 1.82) is 0 Å². The molecule has 0 unspecified atom stereocenters. The van der Waals surface area contributed by atoms with E-state index in [0.717, 1.165) is 47.5 Å². The number of carbonyl (C=O) groups is 2. The van der Waals surface area contributed by atoms with Crippen LogP contribution in [0.1, 0.15) is 94.9 Å². The average Bonchev–Trinajstić information content (AvgIpc) is 3.18. The van der Waals surface area contributed by atoms with Gasteiger partial charge in [0, 0.05) is 24.1 Å². The molecule has 2 atom stereocenters. The van der Waals surface area contributed by atoms with E-state index in [1.807, 2.05) is 41.3 Å². The second kappa shape index (κ2) is 13.4. The van der Waals surface area contributed by atoms with E-state index in [-0.39, 0.29) is 23.0 Å². The SMILES string of the molecule is CCCCCC(=O)N1c2ccccc2NC2=C(C(=O)C[C@H](c3ccc(C(C)(C)C)cc3)C2)[C@H]1c1cc(OC)c(OC)c(OC)c1. The Morgan fingerprint density at radius 1 is 0.889 bits per heavy atom. The predicted molar refractivity (Wildman–Crippen MR) is 180 cm³/mol. The quantitative estimate of drug-likeness (QED) is 0.245. The minimum atomic E-state index is -0.685. The molecule has 1 N–H and O–H groups in total. The molecule has 0 spiro atoms. The number of hydrogen-bond donors (Lipinski definition) is 1. The zero-order chi connectivity index (χ0) is 32.3. The van der Waals surface area contributed by atoms with E-state index >= 15 is 0 Å². The third kappa shape index (κ3) is 6.44. The van der Waals surface area contributed by atoms with Crippen molar-refractivity contribution in [2.75, 3.05) is 31.5 Å². The summed E-state index contributed by atoms with van der Waals surface area (Å²) in [6, 6.07) is 19.5. The summed E-state index contributed by atoms with van der Waals surface area (Å²) in [5, 5.41) is 3.64. The maximum absolute atomic E-state index is 14.5. The highest BCUT2D eigenvalue weighted by molar-refractivity contribution is 6.06. The third-order valence-corrected chi connectivity index (χ3v) is 9.00. The Kier molecular flexibility index (Phi) is 9.56. The highest BCUT2D eigenvalue weighted by Crippen LogP contribution is 2.50. The lowest BCUT2D eigenvalue weighted by molar-refractivity contribution is -0.119. The summed E-state index contributed by atoms with van der Waals surface area (Å²) in [5.74, 6) is 1.40. The molecule has 0 saturated carbocycles. The molecule has 0 radical (unpaired) electrons. The molecule has 5 rings (SSSR count). The number of allylic oxidation sites excluding steroid dienone is 1. The fourth-order valence-electron chi connectivity index (χ4n) is 6.58. The zero-order valence-corrected chi connectivity index (χ0v) is 27.7. The lowest BCUT2D eigenvalue weighted by Gasteiger charge is -2.35. The van der Waals surface area contributed by atoms with Crippen LogP contribution in [0.4, 0.5) is 11.4 Å². The highest BCUT2D eigenvalue weighted by atomic mass is 16.5. The number of para-hydroxylation sites is 2. The van der Waals surface area contributed by atoms with Gasteiger partial charge in [0.2, 0.25) is 11.7 Å². The minimum absolute atomic E-state index is 0.0114. The lowest BCUT2D eigenvalue weighted by atomic mass is 9.77. The lowest BCUT2D eigenvalue weighted by Crippen LogP contribution is -2.38. The normalized spacial score (nSPS) is 18.0. The van der Waals surface area contributed by atoms with Crippen LogP contribution in [0.5, 0.6) is 17.2 Å². The Bertz CT molecular complexity index is 1560. The van der Waals surface area contributed by atoms with Crippen LogP contribution in [0, 0.1) is 0 Å². The first kappa shape index (κ1) is 32.1. The number of rotatable bonds is 9. The largest absolute Gasteiger partial charge is 0.493 e. The van der Waals surface area contributed by atoms with Gasteiger partial charge in [0.05, 0.1) is 38.7 Å². The zero-order valence-electron chi connectivity index (χ0n) is 27.7. The van der Waals surface area contributed by atoms with Crippen molar-refractivity contribution in [3.8, 4) is 17.2 Å². The number of unbranched alkanes of at least 4 members (excludes halogenated alkanes) is 2. The number of benzene rings is 3. The van der Waals surface area contributed by atoms with Gasteiger partial charge in [-0.2, -0.15) is 0 Å². The van der Waals surface area contributed by atoms with Crippen molar-refractivity contribution in [3.63, 3.8) is 0 Å². The first-order chi connectivity index (χ1) is 21.6. The van der Waals surface area contributed by atoms with Crippen molar-refractivity contribution in [1.82, 2.24) is 0 Å². The highest BCUT2D eigenvalue weighted by Gasteiger charge is 2.42. The van der Waals surface area contributed by atoms with Crippen LogP contribution in [-0.4, -0.2) is 33.0 Å². The number of hydrogen-bond acceptors (Lipinski definition) is 6. The number of Topliss-reactive ketones (excluding diaryl/α,β-unsaturated/α-hetero) is 1. The van der Waals surface area contributed by atoms with Crippen molar-refractivity contribution in [2.45, 2.75) is 83.6 Å². The number of nitrogens with one attached hydrogen (secondary N) is 1. The third-order valence-electron chi connectivity index (χ3n) is 9.00. The first-order valence-corrected chi connectivity index (χ1v) is 16.0. The van der Waals surface area contributed by atoms with Crippen LogP contribution in [0.2, 0.25) is 0 Å². The van der Waals surface area contributed by atoms with Gasteiger partial charge in [-0.05, 0) is 65.1 Å². The summed E-state index contributed by atoms with van der Waals surface area (Å²) >= 11 is 0. The van der Waals surface area contributed by atoms with Gasteiger partial charge in [-0.1, -0.05) is 76.9 Å². The number of methoxy groups -OCH3 is 3. The summed E-state index contributed by atoms with van der Waals surface area (Å²) in [6.45, 7) is 8.73. The Labute approximate surface area is 267 Å². The summed E-state index contributed by atoms with van der Waals surface area (Å²) in [6.07, 6.45) is 4.11. The second-order valence-electron chi connectivity index (χ2n) is 13.0. The Morgan fingerprint density at radius 3 is 2.16 bits per heavy atom. The van der Waals surface area contributed by atoms with Gasteiger partial charge >= 0.3 is 0 Å². The van der Waals surface area contributed by atoms with Crippen LogP contribution in [0.3, 0.4) is 0 Å². The van der Waals surface area contributed by atoms with E-state index in [9.17, 15) is 9.59 Å². The molecule has 0 fully saturated rings. The van der Waals surface area contributed by atoms with Crippen LogP contribution in [-0.2, 0) is 15.0 Å². The molecule has 7 nitrogen and oxygen atoms in total. The molecule has 1 amide bonds. The van der Waals surface area contributed by atoms with E-state index in [2.05, 4.69) is 57.3 Å². The van der Waals surface area contributed by atoms with Crippen LogP contribution >= 0.6 is 0 Å². The monoisotopic (exact) mass is 610 g/mol. The van der Waals surface area contributed by atoms with Gasteiger partial charge in [0.1, 0.15) is 0 Å². The fraction of sp³-hybridized carbons (Fsp3) is 0.421. The average molecular weight is 611 g/mol. The summed E-state index contributed by atoms with van der Waals surface area (Å²) in [5.41, 5.74) is 6.16. The van der Waals surface area contributed by atoms with Gasteiger partial charge < -0.3 is 19.5 Å². The van der Waals surface area contributed by atoms with E-state index in [1.165, 1.54) is 5.56 Å². The Balaban J connectivity index is 1.69. The first-order valence-electron chi connectivity index (χ1n) is 16.0. The Hall–Kier alpha value is -4.26. The van der Waals surface area contributed by atoms with Crippen molar-refractivity contribution in [3.05, 3.63) is 88.6 Å². The summed E-state index contributed by atoms with van der Waals surface area (Å²) in [7, 11) is 4.71. The molecule has 1 aliphatic carbocycles. The molecule has 2 aliphatic rings. The van der Waals surface area contributed by atoms with Crippen LogP contribution in [0.25, 0.3) is 0 Å². The standard InChI is InChI=1S/C38H46N2O5/c1-8-9-10-15-34(42)40-30-14-12-11-13-28(30)39-29-20-25(24-16-18-27(19-17-24)38(2,3)4)21-31(41)35(29)36(40)26-22-32(43-5)37(45-7)33(23-26)44-6/h11-14,16-19,22-23,25,36,39H,8-10,15,20-21H2,1-7H3/t25-,36-/m1/s1. The van der Waals surface area contributed by atoms with E-state index in [0.29, 0.717) is 42.1 Å². The van der Waals surface area contributed by atoms with Gasteiger partial charge in [0.25, 0.3) is 0 Å². The molecule has 0 bridgehead atoms. The van der Waals surface area contributed by atoms with Gasteiger partial charge in [-0.25, -0.2) is 0 Å². The number of amides is 1. The van der Waals surface area contributed by atoms with Gasteiger partial charge in [-0.15, -0.1) is 0 Å². The van der Waals surface area contributed by atoms with Gasteiger partial charge in [-0.3, -0.25) is 14.5 Å². The van der Waals surface area contributed by atoms with Crippen molar-refractivity contribution >= 4 is 23.1 Å². The smallest absolute Gasteiger partial charge is 0.227 e. The van der Waals surface area contributed by atoms with Crippen molar-refractivity contribution in [2.24, 2.45) is 0 Å². The van der Waals surface area contributed by atoms with E-state index < -0.39 is 6.04 Å². The van der Waals surface area contributed by atoms with Crippen LogP contribution in [0.15, 0.2) is 71.9 Å². The Morgan fingerprint density at radius 2 is 1.56 bits per heavy atom. The number of ether oxygens (including phenoxy) is 3. The number of nitrogens with zero attached hydrogens (tertiary/aromatic N) is 1. The fourth-order valence-corrected chi connectivity index (χ4v) is 6.58. The second-order valence-corrected chi connectivity index (χ2v) is 13.0. The molecule has 1 heterocycles. The molecular formula is C38H46N2O5. The van der Waals surface area contributed by atoms with E-state index in [4.69, 9.17) is 14.2 Å². The molecule has 3 aromatic carbocycles. The molecule has 3 aromatic rings. The van der Waals surface area contributed by atoms with Crippen molar-refractivity contribution < 1.29 is 23.8 Å². The molecule has 45 heavy (non-hydrogen) atoms. The predicted octanol–water partition coefficient (Wildman–Crippen LogP) is 8.49. The molecular weight excluding hydrogens is 564 g/mol. The molecule has 0 saturated heterocycles. The number of carbonyl (C=O) groups excluding carboxylic acids is 2.